The number of para-hydroxylation sites is 2. The number of nitrogens with one attached hydrogen (secondary N) is 1. The molecule has 1 aliphatic heterocycles. The Labute approximate surface area is 221 Å². The largest absolute Gasteiger partial charge is 0.368 e. The van der Waals surface area contributed by atoms with Crippen LogP contribution >= 0.6 is 0 Å². The molecular weight excluding hydrogens is 464 g/mol. The van der Waals surface area contributed by atoms with Crippen LogP contribution in [-0.2, 0) is 0 Å². The molecule has 0 saturated heterocycles. The van der Waals surface area contributed by atoms with Crippen LogP contribution in [0.25, 0.3) is 27.5 Å². The van der Waals surface area contributed by atoms with Crippen LogP contribution in [0, 0.1) is 6.42 Å². The minimum Gasteiger partial charge on any atom is -0.368 e. The van der Waals surface area contributed by atoms with Crippen LogP contribution in [0.15, 0.2) is 151 Å². The van der Waals surface area contributed by atoms with Gasteiger partial charge in [0.25, 0.3) is 0 Å². The van der Waals surface area contributed by atoms with E-state index in [9.17, 15) is 0 Å². The third-order valence-electron chi connectivity index (χ3n) is 7.01. The second-order valence-electron chi connectivity index (χ2n) is 9.27. The summed E-state index contributed by atoms with van der Waals surface area (Å²) in [5, 5.41) is 5.40. The van der Waals surface area contributed by atoms with Crippen molar-refractivity contribution in [1.82, 2.24) is 14.9 Å². The molecule has 0 spiro atoms. The predicted molar refractivity (Wildman–Crippen MR) is 158 cm³/mol. The van der Waals surface area contributed by atoms with Crippen LogP contribution < -0.4 is 10.2 Å². The quantitative estimate of drug-likeness (QED) is 0.276. The van der Waals surface area contributed by atoms with Crippen molar-refractivity contribution >= 4 is 44.6 Å². The third-order valence-corrected chi connectivity index (χ3v) is 7.01. The van der Waals surface area contributed by atoms with Gasteiger partial charge in [0.1, 0.15) is 0 Å². The molecule has 0 bridgehead atoms. The topological polar surface area (TPSA) is 33.1 Å². The first kappa shape index (κ1) is 22.1. The van der Waals surface area contributed by atoms with Crippen LogP contribution in [-0.4, -0.2) is 9.55 Å². The van der Waals surface area contributed by atoms with Crippen LogP contribution in [0.1, 0.15) is 0 Å². The van der Waals surface area contributed by atoms with Gasteiger partial charge in [-0.15, -0.1) is 0 Å². The van der Waals surface area contributed by atoms with E-state index in [2.05, 4.69) is 141 Å². The van der Waals surface area contributed by atoms with E-state index >= 15 is 0 Å². The lowest BCUT2D eigenvalue weighted by Gasteiger charge is -2.25. The predicted octanol–water partition coefficient (Wildman–Crippen LogP) is 8.20. The first-order valence-corrected chi connectivity index (χ1v) is 12.7. The molecule has 0 fully saturated rings. The maximum atomic E-state index is 4.48. The molecule has 0 unspecified atom stereocenters. The second-order valence-corrected chi connectivity index (χ2v) is 9.27. The maximum absolute atomic E-state index is 4.48. The van der Waals surface area contributed by atoms with Crippen LogP contribution in [0.3, 0.4) is 0 Å². The van der Waals surface area contributed by atoms with Gasteiger partial charge >= 0.3 is 0 Å². The molecule has 0 atom stereocenters. The number of dihydropyridines is 1. The van der Waals surface area contributed by atoms with E-state index in [1.165, 1.54) is 16.5 Å². The smallest absolute Gasteiger partial charge is 0.0571 e. The van der Waals surface area contributed by atoms with Crippen molar-refractivity contribution in [3.63, 3.8) is 0 Å². The molecule has 0 amide bonds. The molecule has 5 aromatic rings. The zero-order valence-electron chi connectivity index (χ0n) is 20.7. The van der Waals surface area contributed by atoms with E-state index in [1.807, 2.05) is 24.8 Å². The van der Waals surface area contributed by atoms with Crippen molar-refractivity contribution in [2.24, 2.45) is 0 Å². The Kier molecular flexibility index (Phi) is 5.48. The monoisotopic (exact) mass is 489 g/mol. The molecule has 1 aliphatic carbocycles. The molecule has 7 rings (SSSR count). The molecule has 2 aliphatic rings. The highest BCUT2D eigenvalue weighted by Gasteiger charge is 2.18. The summed E-state index contributed by atoms with van der Waals surface area (Å²) in [6.45, 7) is 0. The van der Waals surface area contributed by atoms with Gasteiger partial charge < -0.3 is 14.8 Å². The number of aromatic nitrogens is 2. The highest BCUT2D eigenvalue weighted by atomic mass is 15.1. The fourth-order valence-corrected chi connectivity index (χ4v) is 5.26. The van der Waals surface area contributed by atoms with Crippen LogP contribution in [0.4, 0.5) is 17.1 Å². The average molecular weight is 490 g/mol. The van der Waals surface area contributed by atoms with E-state index in [4.69, 9.17) is 0 Å². The minimum absolute atomic E-state index is 1.11. The van der Waals surface area contributed by atoms with Crippen molar-refractivity contribution < 1.29 is 0 Å². The number of hydrogen-bond acceptors (Lipinski definition) is 3. The molecule has 181 valence electrons. The highest BCUT2D eigenvalue weighted by molar-refractivity contribution is 6.11. The molecular formula is C34H25N4. The van der Waals surface area contributed by atoms with Crippen molar-refractivity contribution in [3.05, 3.63) is 158 Å². The van der Waals surface area contributed by atoms with Crippen molar-refractivity contribution in [2.45, 2.75) is 0 Å². The standard InChI is InChI=1S/C34H25N4/c1-3-7-27(8-4-1)37(28-9-5-2-6-10-28)30-15-16-33-31(23-30)32-24-36-22-19-34(32)38(33)29-13-11-25(12-14-29)26-17-20-35-21-18-26/h1-24,35H. The summed E-state index contributed by atoms with van der Waals surface area (Å²) in [6, 6.07) is 29.8. The van der Waals surface area contributed by atoms with Crippen LogP contribution in [0.5, 0.6) is 0 Å². The van der Waals surface area contributed by atoms with E-state index in [0.29, 0.717) is 0 Å². The summed E-state index contributed by atoms with van der Waals surface area (Å²) in [4.78, 5) is 6.78. The number of anilines is 3. The van der Waals surface area contributed by atoms with Crippen molar-refractivity contribution in [2.75, 3.05) is 4.90 Å². The summed E-state index contributed by atoms with van der Waals surface area (Å²) in [6.07, 6.45) is 20.7. The summed E-state index contributed by atoms with van der Waals surface area (Å²) < 4.78 is 2.33. The molecule has 4 nitrogen and oxygen atoms in total. The van der Waals surface area contributed by atoms with Gasteiger partial charge in [-0.2, -0.15) is 0 Å². The highest BCUT2D eigenvalue weighted by Crippen LogP contribution is 2.39. The first-order valence-electron chi connectivity index (χ1n) is 12.7. The maximum Gasteiger partial charge on any atom is 0.0571 e. The fraction of sp³-hybridized carbons (Fsp3) is 0. The first-order chi connectivity index (χ1) is 18.9. The Bertz CT molecular complexity index is 1750. The number of allylic oxidation sites excluding steroid dienone is 8. The van der Waals surface area contributed by atoms with Gasteiger partial charge in [0, 0.05) is 64.7 Å². The molecule has 1 N–H and O–H groups in total. The van der Waals surface area contributed by atoms with E-state index in [-0.39, 0.29) is 0 Å². The van der Waals surface area contributed by atoms with E-state index in [0.717, 1.165) is 39.2 Å². The summed E-state index contributed by atoms with van der Waals surface area (Å²) in [7, 11) is 0. The van der Waals surface area contributed by atoms with Gasteiger partial charge in [0.05, 0.1) is 11.0 Å². The van der Waals surface area contributed by atoms with Crippen LogP contribution in [0.2, 0.25) is 0 Å². The molecule has 1 radical (unpaired) electrons. The lowest BCUT2D eigenvalue weighted by atomic mass is 9.99. The summed E-state index contributed by atoms with van der Waals surface area (Å²) in [5.74, 6) is 0. The summed E-state index contributed by atoms with van der Waals surface area (Å²) in [5.41, 5.74) is 9.14. The molecule has 0 saturated carbocycles. The van der Waals surface area contributed by atoms with Gasteiger partial charge in [-0.25, -0.2) is 0 Å². The number of hydrogen-bond donors (Lipinski definition) is 1. The Morgan fingerprint density at radius 3 is 2.03 bits per heavy atom. The molecule has 3 heterocycles. The Morgan fingerprint density at radius 1 is 0.632 bits per heavy atom. The molecule has 3 aromatic carbocycles. The Balaban J connectivity index is 1.37. The Morgan fingerprint density at radius 2 is 1.34 bits per heavy atom. The van der Waals surface area contributed by atoms with Gasteiger partial charge in [0.15, 0.2) is 0 Å². The number of rotatable bonds is 4. The van der Waals surface area contributed by atoms with Crippen molar-refractivity contribution in [3.8, 4) is 0 Å². The third kappa shape index (κ3) is 3.84. The normalized spacial score (nSPS) is 14.7. The SMILES string of the molecule is [CH]1C=C(n2c3ccncc3c3cc(N(c4ccccc4)c4ccccc4)ccc32)C=CC1=C1C=CNC=C1. The lowest BCUT2D eigenvalue weighted by molar-refractivity contribution is 1.16. The zero-order valence-corrected chi connectivity index (χ0v) is 20.7. The lowest BCUT2D eigenvalue weighted by Crippen LogP contribution is -2.09. The van der Waals surface area contributed by atoms with Gasteiger partial charge in [-0.3, -0.25) is 4.98 Å². The van der Waals surface area contributed by atoms with Gasteiger partial charge in [0.2, 0.25) is 0 Å². The van der Waals surface area contributed by atoms with E-state index < -0.39 is 0 Å². The average Bonchev–Trinajstić information content (AvgIpc) is 3.33. The summed E-state index contributed by atoms with van der Waals surface area (Å²) >= 11 is 0. The molecule has 38 heavy (non-hydrogen) atoms. The van der Waals surface area contributed by atoms with Gasteiger partial charge in [-0.1, -0.05) is 48.6 Å². The van der Waals surface area contributed by atoms with E-state index in [1.54, 1.807) is 0 Å². The number of fused-ring (bicyclic) bond motifs is 3. The minimum atomic E-state index is 1.11. The zero-order chi connectivity index (χ0) is 25.3. The fourth-order valence-electron chi connectivity index (χ4n) is 5.26. The number of benzene rings is 3. The number of pyridine rings is 1. The second kappa shape index (κ2) is 9.41. The van der Waals surface area contributed by atoms with Gasteiger partial charge in [-0.05, 0) is 77.9 Å². The number of nitrogens with zero attached hydrogens (tertiary/aromatic N) is 3. The Hall–Kier alpha value is -5.09. The molecule has 4 heteroatoms. The molecule has 2 aromatic heterocycles. The van der Waals surface area contributed by atoms with Crippen molar-refractivity contribution in [1.29, 1.82) is 0 Å².